The molecule has 1 amide bonds. The zero-order valence-electron chi connectivity index (χ0n) is 17.1. The smallest absolute Gasteiger partial charge is 0.261 e. The van der Waals surface area contributed by atoms with Gasteiger partial charge in [0.05, 0.1) is 23.5 Å². The number of hydrogen-bond donors (Lipinski definition) is 1. The van der Waals surface area contributed by atoms with Gasteiger partial charge in [-0.2, -0.15) is 4.98 Å². The predicted molar refractivity (Wildman–Crippen MR) is 118 cm³/mol. The molecule has 2 aromatic heterocycles. The van der Waals surface area contributed by atoms with Crippen LogP contribution in [0.1, 0.15) is 22.2 Å². The largest absolute Gasteiger partial charge is 0.497 e. The number of ether oxygens (including phenoxy) is 2. The van der Waals surface area contributed by atoms with Gasteiger partial charge in [-0.05, 0) is 61.0 Å². The summed E-state index contributed by atoms with van der Waals surface area (Å²) < 4.78 is 16.0. The summed E-state index contributed by atoms with van der Waals surface area (Å²) in [6.07, 6.45) is 0. The van der Waals surface area contributed by atoms with Crippen LogP contribution in [0, 0.1) is 0 Å². The molecule has 2 aromatic carbocycles. The third-order valence-electron chi connectivity index (χ3n) is 4.50. The zero-order valence-corrected chi connectivity index (χ0v) is 17.9. The van der Waals surface area contributed by atoms with Gasteiger partial charge in [-0.15, -0.1) is 11.3 Å². The van der Waals surface area contributed by atoms with Crippen molar-refractivity contribution in [2.24, 2.45) is 0 Å². The summed E-state index contributed by atoms with van der Waals surface area (Å²) >= 11 is 1.32. The molecular weight excluding hydrogens is 414 g/mol. The standard InChI is InChI=1S/C23H21N3O4S/c1-3-29-18-8-4-15(5-9-18)14-24-22(27)20-13-12-19(31-20)21-25-23(30-26-21)16-6-10-17(28-2)11-7-16/h4-13H,3,14H2,1-2H3,(H,24,27). The van der Waals surface area contributed by atoms with Crippen molar-refractivity contribution in [3.8, 4) is 33.7 Å². The molecule has 0 aliphatic heterocycles. The first-order valence-corrected chi connectivity index (χ1v) is 10.6. The normalized spacial score (nSPS) is 10.6. The molecule has 2 heterocycles. The fraction of sp³-hybridized carbons (Fsp3) is 0.174. The maximum absolute atomic E-state index is 12.5. The summed E-state index contributed by atoms with van der Waals surface area (Å²) in [5.74, 6) is 2.27. The molecule has 0 bridgehead atoms. The van der Waals surface area contributed by atoms with Crippen molar-refractivity contribution in [3.63, 3.8) is 0 Å². The van der Waals surface area contributed by atoms with E-state index in [1.807, 2.05) is 61.5 Å². The maximum atomic E-state index is 12.5. The summed E-state index contributed by atoms with van der Waals surface area (Å²) in [4.78, 5) is 18.3. The molecule has 1 N–H and O–H groups in total. The second-order valence-corrected chi connectivity index (χ2v) is 7.66. The van der Waals surface area contributed by atoms with Gasteiger partial charge in [0.25, 0.3) is 11.8 Å². The Morgan fingerprint density at radius 3 is 2.48 bits per heavy atom. The summed E-state index contributed by atoms with van der Waals surface area (Å²) in [6, 6.07) is 18.6. The molecule has 0 saturated carbocycles. The van der Waals surface area contributed by atoms with Crippen molar-refractivity contribution in [1.82, 2.24) is 15.5 Å². The number of methoxy groups -OCH3 is 1. The topological polar surface area (TPSA) is 86.5 Å². The first-order valence-electron chi connectivity index (χ1n) is 9.74. The number of rotatable bonds is 8. The second kappa shape index (κ2) is 9.44. The Hall–Kier alpha value is -3.65. The van der Waals surface area contributed by atoms with Gasteiger partial charge in [0.15, 0.2) is 0 Å². The first kappa shape index (κ1) is 20.6. The number of benzene rings is 2. The Morgan fingerprint density at radius 2 is 1.77 bits per heavy atom. The van der Waals surface area contributed by atoms with Crippen LogP contribution in [0.15, 0.2) is 65.2 Å². The second-order valence-electron chi connectivity index (χ2n) is 6.58. The Labute approximate surface area is 183 Å². The molecule has 31 heavy (non-hydrogen) atoms. The van der Waals surface area contributed by atoms with Crippen LogP contribution in [0.25, 0.3) is 22.2 Å². The van der Waals surface area contributed by atoms with Crippen LogP contribution in [0.2, 0.25) is 0 Å². The Morgan fingerprint density at radius 1 is 1.03 bits per heavy atom. The number of amides is 1. The molecule has 4 aromatic rings. The highest BCUT2D eigenvalue weighted by molar-refractivity contribution is 7.17. The minimum atomic E-state index is -0.149. The molecule has 0 radical (unpaired) electrons. The number of hydrogen-bond acceptors (Lipinski definition) is 7. The van der Waals surface area contributed by atoms with Gasteiger partial charge in [-0.1, -0.05) is 17.3 Å². The fourth-order valence-electron chi connectivity index (χ4n) is 2.89. The van der Waals surface area contributed by atoms with Gasteiger partial charge >= 0.3 is 0 Å². The molecule has 0 spiro atoms. The SMILES string of the molecule is CCOc1ccc(CNC(=O)c2ccc(-c3noc(-c4ccc(OC)cc4)n3)s2)cc1. The van der Waals surface area contributed by atoms with Crippen LogP contribution in [-0.4, -0.2) is 29.8 Å². The quantitative estimate of drug-likeness (QED) is 0.428. The molecule has 8 heteroatoms. The van der Waals surface area contributed by atoms with Crippen LogP contribution in [0.4, 0.5) is 0 Å². The number of nitrogens with zero attached hydrogens (tertiary/aromatic N) is 2. The minimum Gasteiger partial charge on any atom is -0.497 e. The van der Waals surface area contributed by atoms with Crippen LogP contribution < -0.4 is 14.8 Å². The lowest BCUT2D eigenvalue weighted by Crippen LogP contribution is -2.21. The highest BCUT2D eigenvalue weighted by Gasteiger charge is 2.15. The van der Waals surface area contributed by atoms with Crippen LogP contribution in [0.5, 0.6) is 11.5 Å². The third kappa shape index (κ3) is 4.92. The van der Waals surface area contributed by atoms with Gasteiger partial charge in [-0.25, -0.2) is 0 Å². The van der Waals surface area contributed by atoms with Crippen LogP contribution in [-0.2, 0) is 6.54 Å². The molecule has 7 nitrogen and oxygen atoms in total. The minimum absolute atomic E-state index is 0.149. The van der Waals surface area contributed by atoms with E-state index < -0.39 is 0 Å². The molecule has 0 atom stereocenters. The lowest BCUT2D eigenvalue weighted by Gasteiger charge is -2.06. The van der Waals surface area contributed by atoms with E-state index in [0.29, 0.717) is 29.7 Å². The van der Waals surface area contributed by atoms with Crippen molar-refractivity contribution >= 4 is 17.2 Å². The van der Waals surface area contributed by atoms with Crippen molar-refractivity contribution in [2.45, 2.75) is 13.5 Å². The lowest BCUT2D eigenvalue weighted by atomic mass is 10.2. The van der Waals surface area contributed by atoms with Gasteiger partial charge in [-0.3, -0.25) is 4.79 Å². The Balaban J connectivity index is 1.39. The molecule has 0 fully saturated rings. The zero-order chi connectivity index (χ0) is 21.6. The van der Waals surface area contributed by atoms with Crippen molar-refractivity contribution in [2.75, 3.05) is 13.7 Å². The van der Waals surface area contributed by atoms with Gasteiger partial charge in [0, 0.05) is 12.1 Å². The molecular formula is C23H21N3O4S. The Bertz CT molecular complexity index is 1150. The van der Waals surface area contributed by atoms with E-state index in [1.54, 1.807) is 13.2 Å². The highest BCUT2D eigenvalue weighted by atomic mass is 32.1. The van der Waals surface area contributed by atoms with E-state index in [0.717, 1.165) is 27.5 Å². The number of carbonyl (C=O) groups is 1. The average molecular weight is 436 g/mol. The van der Waals surface area contributed by atoms with E-state index in [2.05, 4.69) is 15.5 Å². The van der Waals surface area contributed by atoms with Gasteiger partial charge in [0.2, 0.25) is 5.82 Å². The third-order valence-corrected chi connectivity index (χ3v) is 5.58. The fourth-order valence-corrected chi connectivity index (χ4v) is 3.74. The number of thiophene rings is 1. The van der Waals surface area contributed by atoms with Crippen LogP contribution in [0.3, 0.4) is 0 Å². The maximum Gasteiger partial charge on any atom is 0.261 e. The summed E-state index contributed by atoms with van der Waals surface area (Å²) in [6.45, 7) is 3.00. The monoisotopic (exact) mass is 435 g/mol. The predicted octanol–water partition coefficient (Wildman–Crippen LogP) is 4.80. The molecule has 0 saturated heterocycles. The molecule has 4 rings (SSSR count). The van der Waals surface area contributed by atoms with Gasteiger partial charge in [0.1, 0.15) is 11.5 Å². The van der Waals surface area contributed by atoms with Crippen LogP contribution >= 0.6 is 11.3 Å². The summed E-state index contributed by atoms with van der Waals surface area (Å²) in [5.41, 5.74) is 1.79. The molecule has 158 valence electrons. The van der Waals surface area contributed by atoms with E-state index in [4.69, 9.17) is 14.0 Å². The number of carbonyl (C=O) groups excluding carboxylic acids is 1. The first-order chi connectivity index (χ1) is 15.2. The van der Waals surface area contributed by atoms with Crippen molar-refractivity contribution in [1.29, 1.82) is 0 Å². The van der Waals surface area contributed by atoms with E-state index in [9.17, 15) is 4.79 Å². The summed E-state index contributed by atoms with van der Waals surface area (Å²) in [7, 11) is 1.61. The number of aromatic nitrogens is 2. The molecule has 0 aliphatic rings. The molecule has 0 unspecified atom stereocenters. The highest BCUT2D eigenvalue weighted by Crippen LogP contribution is 2.28. The average Bonchev–Trinajstić information content (AvgIpc) is 3.49. The van der Waals surface area contributed by atoms with E-state index in [1.165, 1.54) is 11.3 Å². The number of nitrogens with one attached hydrogen (secondary N) is 1. The van der Waals surface area contributed by atoms with Crippen molar-refractivity contribution in [3.05, 3.63) is 71.1 Å². The van der Waals surface area contributed by atoms with Crippen molar-refractivity contribution < 1.29 is 18.8 Å². The lowest BCUT2D eigenvalue weighted by molar-refractivity contribution is 0.0955. The van der Waals surface area contributed by atoms with E-state index in [-0.39, 0.29) is 5.91 Å². The molecule has 0 aliphatic carbocycles. The van der Waals surface area contributed by atoms with Gasteiger partial charge < -0.3 is 19.3 Å². The van der Waals surface area contributed by atoms with E-state index >= 15 is 0 Å². The Kier molecular flexibility index (Phi) is 6.28. The summed E-state index contributed by atoms with van der Waals surface area (Å²) in [5, 5.41) is 6.97.